The first kappa shape index (κ1) is 15.2. The van der Waals surface area contributed by atoms with E-state index in [1.165, 1.54) is 20.0 Å². The fraction of sp³-hybridized carbons (Fsp3) is 0.412. The Balaban J connectivity index is 2.18. The van der Waals surface area contributed by atoms with Crippen LogP contribution in [0.4, 0.5) is 5.82 Å². The Morgan fingerprint density at radius 3 is 2.48 bits per heavy atom. The Morgan fingerprint density at radius 1 is 1.26 bits per heavy atom. The summed E-state index contributed by atoms with van der Waals surface area (Å²) in [6.45, 7) is 2.00. The number of rotatable bonds is 3. The van der Waals surface area contributed by atoms with E-state index in [0.717, 1.165) is 35.2 Å². The van der Waals surface area contributed by atoms with Crippen molar-refractivity contribution in [3.05, 3.63) is 29.2 Å². The summed E-state index contributed by atoms with van der Waals surface area (Å²) in [5.74, 6) is 0.703. The van der Waals surface area contributed by atoms with Crippen molar-refractivity contribution in [2.45, 2.75) is 38.5 Å². The molecule has 3 rings (SSSR count). The Hall–Kier alpha value is -2.68. The zero-order chi connectivity index (χ0) is 16.4. The molecule has 6 heteroatoms. The van der Waals surface area contributed by atoms with Gasteiger partial charge >= 0.3 is 6.01 Å². The molecule has 0 spiro atoms. The number of nitriles is 1. The van der Waals surface area contributed by atoms with Crippen LogP contribution in [-0.2, 0) is 0 Å². The van der Waals surface area contributed by atoms with Gasteiger partial charge in [-0.2, -0.15) is 5.26 Å². The number of hydrogen-bond donors (Lipinski definition) is 1. The third kappa shape index (κ3) is 2.70. The minimum Gasteiger partial charge on any atom is -0.467 e. The summed E-state index contributed by atoms with van der Waals surface area (Å²) in [7, 11) is 1.52. The quantitative estimate of drug-likeness (QED) is 0.936. The molecule has 0 radical (unpaired) electrons. The Morgan fingerprint density at radius 2 is 1.91 bits per heavy atom. The number of aromatic nitrogens is 3. The van der Waals surface area contributed by atoms with Gasteiger partial charge in [0.05, 0.1) is 7.11 Å². The van der Waals surface area contributed by atoms with Gasteiger partial charge in [-0.05, 0) is 25.3 Å². The van der Waals surface area contributed by atoms with Crippen LogP contribution in [0.5, 0.6) is 6.01 Å². The predicted molar refractivity (Wildman–Crippen MR) is 86.9 cm³/mol. The van der Waals surface area contributed by atoms with E-state index in [4.69, 9.17) is 10.5 Å². The van der Waals surface area contributed by atoms with Gasteiger partial charge in [0.2, 0.25) is 0 Å². The van der Waals surface area contributed by atoms with Crippen molar-refractivity contribution in [2.75, 3.05) is 12.8 Å². The first-order valence-corrected chi connectivity index (χ1v) is 7.72. The molecule has 1 fully saturated rings. The van der Waals surface area contributed by atoms with Crippen molar-refractivity contribution in [1.82, 2.24) is 15.0 Å². The first-order valence-electron chi connectivity index (χ1n) is 7.72. The van der Waals surface area contributed by atoms with Crippen molar-refractivity contribution in [3.8, 4) is 23.2 Å². The summed E-state index contributed by atoms with van der Waals surface area (Å²) in [5, 5.41) is 9.51. The van der Waals surface area contributed by atoms with Crippen LogP contribution in [0.2, 0.25) is 0 Å². The van der Waals surface area contributed by atoms with Crippen LogP contribution in [0.15, 0.2) is 12.4 Å². The lowest BCUT2D eigenvalue weighted by molar-refractivity contribution is 0.380. The highest BCUT2D eigenvalue weighted by Gasteiger charge is 2.25. The molecule has 1 saturated carbocycles. The minimum absolute atomic E-state index is 0.283. The van der Waals surface area contributed by atoms with E-state index in [1.807, 2.05) is 6.92 Å². The standard InChI is InChI=1S/C17H19N5O/c1-10-14(12-8-20-17(23-2)21-9-12)13(7-18)16(19)22-15(10)11-5-3-4-6-11/h8-9,11H,3-6H2,1-2H3,(H2,19,22). The molecule has 6 nitrogen and oxygen atoms in total. The van der Waals surface area contributed by atoms with E-state index in [1.54, 1.807) is 12.4 Å². The normalized spacial score (nSPS) is 14.7. The lowest BCUT2D eigenvalue weighted by atomic mass is 9.91. The fourth-order valence-corrected chi connectivity index (χ4v) is 3.33. The number of hydrogen-bond acceptors (Lipinski definition) is 6. The monoisotopic (exact) mass is 309 g/mol. The fourth-order valence-electron chi connectivity index (χ4n) is 3.33. The zero-order valence-corrected chi connectivity index (χ0v) is 13.3. The molecule has 2 heterocycles. The molecule has 2 aromatic rings. The number of methoxy groups -OCH3 is 1. The van der Waals surface area contributed by atoms with E-state index in [2.05, 4.69) is 21.0 Å². The molecule has 0 saturated heterocycles. The molecule has 0 aliphatic heterocycles. The topological polar surface area (TPSA) is 97.7 Å². The molecule has 2 N–H and O–H groups in total. The highest BCUT2D eigenvalue weighted by molar-refractivity contribution is 5.78. The van der Waals surface area contributed by atoms with Crippen LogP contribution < -0.4 is 10.5 Å². The van der Waals surface area contributed by atoms with E-state index in [9.17, 15) is 5.26 Å². The van der Waals surface area contributed by atoms with Gasteiger partial charge in [0.25, 0.3) is 0 Å². The highest BCUT2D eigenvalue weighted by Crippen LogP contribution is 2.39. The molecule has 0 amide bonds. The molecule has 1 aliphatic carbocycles. The summed E-state index contributed by atoms with van der Waals surface area (Å²) < 4.78 is 5.00. The SMILES string of the molecule is COc1ncc(-c2c(C)c(C3CCCC3)nc(N)c2C#N)cn1. The van der Waals surface area contributed by atoms with Crippen LogP contribution in [-0.4, -0.2) is 22.1 Å². The molecule has 1 aliphatic rings. The molecule has 0 bridgehead atoms. The average molecular weight is 309 g/mol. The van der Waals surface area contributed by atoms with Crippen LogP contribution in [0.3, 0.4) is 0 Å². The summed E-state index contributed by atoms with van der Waals surface area (Å²) in [6.07, 6.45) is 7.99. The molecular weight excluding hydrogens is 290 g/mol. The number of anilines is 1. The maximum absolute atomic E-state index is 9.51. The van der Waals surface area contributed by atoms with Gasteiger partial charge in [-0.25, -0.2) is 15.0 Å². The van der Waals surface area contributed by atoms with Crippen LogP contribution >= 0.6 is 0 Å². The highest BCUT2D eigenvalue weighted by atomic mass is 16.5. The molecule has 0 atom stereocenters. The summed E-state index contributed by atoms with van der Waals surface area (Å²) in [4.78, 5) is 12.8. The lowest BCUT2D eigenvalue weighted by Crippen LogP contribution is -2.08. The lowest BCUT2D eigenvalue weighted by Gasteiger charge is -2.18. The average Bonchev–Trinajstić information content (AvgIpc) is 3.10. The summed E-state index contributed by atoms with van der Waals surface area (Å²) >= 11 is 0. The summed E-state index contributed by atoms with van der Waals surface area (Å²) in [5.41, 5.74) is 9.99. The van der Waals surface area contributed by atoms with Gasteiger partial charge in [0.1, 0.15) is 17.5 Å². The van der Waals surface area contributed by atoms with E-state index in [0.29, 0.717) is 17.5 Å². The van der Waals surface area contributed by atoms with Crippen molar-refractivity contribution in [3.63, 3.8) is 0 Å². The van der Waals surface area contributed by atoms with Crippen LogP contribution in [0, 0.1) is 18.3 Å². The second-order valence-corrected chi connectivity index (χ2v) is 5.81. The zero-order valence-electron chi connectivity index (χ0n) is 13.3. The minimum atomic E-state index is 0.283. The molecule has 0 aromatic carbocycles. The van der Waals surface area contributed by atoms with Gasteiger partial charge in [-0.3, -0.25) is 0 Å². The third-order valence-corrected chi connectivity index (χ3v) is 4.46. The van der Waals surface area contributed by atoms with Crippen LogP contribution in [0.1, 0.15) is 48.4 Å². The number of nitrogens with two attached hydrogens (primary N) is 1. The predicted octanol–water partition coefficient (Wildman–Crippen LogP) is 2.97. The Kier molecular flexibility index (Phi) is 4.11. The Bertz CT molecular complexity index is 758. The van der Waals surface area contributed by atoms with Crippen LogP contribution in [0.25, 0.3) is 11.1 Å². The molecule has 2 aromatic heterocycles. The van der Waals surface area contributed by atoms with Crippen molar-refractivity contribution in [1.29, 1.82) is 5.26 Å². The van der Waals surface area contributed by atoms with E-state index < -0.39 is 0 Å². The number of nitrogen functional groups attached to an aromatic ring is 1. The van der Waals surface area contributed by atoms with Gasteiger partial charge in [0, 0.05) is 35.1 Å². The van der Waals surface area contributed by atoms with Gasteiger partial charge in [-0.1, -0.05) is 12.8 Å². The second kappa shape index (κ2) is 6.21. The number of pyridine rings is 1. The second-order valence-electron chi connectivity index (χ2n) is 5.81. The first-order chi connectivity index (χ1) is 11.2. The van der Waals surface area contributed by atoms with E-state index >= 15 is 0 Å². The van der Waals surface area contributed by atoms with Crippen molar-refractivity contribution >= 4 is 5.82 Å². The largest absolute Gasteiger partial charge is 0.467 e. The van der Waals surface area contributed by atoms with Gasteiger partial charge in [0.15, 0.2) is 0 Å². The van der Waals surface area contributed by atoms with Gasteiger partial charge < -0.3 is 10.5 Å². The smallest absolute Gasteiger partial charge is 0.316 e. The Labute approximate surface area is 135 Å². The third-order valence-electron chi connectivity index (χ3n) is 4.46. The van der Waals surface area contributed by atoms with Crippen molar-refractivity contribution < 1.29 is 4.74 Å². The number of ether oxygens (including phenoxy) is 1. The summed E-state index contributed by atoms with van der Waals surface area (Å²) in [6, 6.07) is 2.47. The van der Waals surface area contributed by atoms with E-state index in [-0.39, 0.29) is 5.82 Å². The maximum Gasteiger partial charge on any atom is 0.316 e. The number of nitrogens with zero attached hydrogens (tertiary/aromatic N) is 4. The maximum atomic E-state index is 9.51. The van der Waals surface area contributed by atoms with Gasteiger partial charge in [-0.15, -0.1) is 0 Å². The molecule has 23 heavy (non-hydrogen) atoms. The molecule has 0 unspecified atom stereocenters. The molecule has 118 valence electrons. The molecular formula is C17H19N5O. The van der Waals surface area contributed by atoms with Crippen molar-refractivity contribution in [2.24, 2.45) is 0 Å².